The van der Waals surface area contributed by atoms with Gasteiger partial charge in [-0.05, 0) is 97.9 Å². The van der Waals surface area contributed by atoms with Crippen LogP contribution in [0, 0.1) is 0 Å². The highest BCUT2D eigenvalue weighted by atomic mass is 32.2. The molecule has 0 atom stereocenters. The lowest BCUT2D eigenvalue weighted by molar-refractivity contribution is 0.589. The van der Waals surface area contributed by atoms with Crippen LogP contribution in [0.2, 0.25) is 0 Å². The number of thioether (sulfide) groups is 2. The van der Waals surface area contributed by atoms with Gasteiger partial charge in [0.1, 0.15) is 8.64 Å². The maximum Gasteiger partial charge on any atom is 0.146 e. The largest absolute Gasteiger partial charge is 0.295 e. The number of unbranched alkanes of at least 4 members (excludes halogenated alkanes) is 24. The quantitative estimate of drug-likeness (QED) is 0.0249. The first-order valence-electron chi connectivity index (χ1n) is 28.3. The van der Waals surface area contributed by atoms with Crippen LogP contribution in [0.5, 0.6) is 0 Å². The highest BCUT2D eigenvalue weighted by Crippen LogP contribution is 2.40. The Morgan fingerprint density at radius 1 is 0.304 bits per heavy atom. The number of hydrogen-bond donors (Lipinski definition) is 0. The number of rotatable bonds is 38. The molecule has 0 fully saturated rings. The molecule has 2 nitrogen and oxygen atoms in total. The average molecular weight is 1010 g/mol. The van der Waals surface area contributed by atoms with E-state index in [0.29, 0.717) is 0 Å². The van der Waals surface area contributed by atoms with Crippen molar-refractivity contribution in [2.75, 3.05) is 14.9 Å². The molecule has 0 unspecified atom stereocenters. The smallest absolute Gasteiger partial charge is 0.146 e. The molecule has 0 N–H and O–H groups in total. The predicted octanol–water partition coefficient (Wildman–Crippen LogP) is 21.8. The van der Waals surface area contributed by atoms with Crippen LogP contribution in [0.1, 0.15) is 230 Å². The zero-order valence-corrected chi connectivity index (χ0v) is 47.4. The van der Waals surface area contributed by atoms with E-state index in [1.54, 1.807) is 23.5 Å². The fourth-order valence-electron chi connectivity index (χ4n) is 9.76. The van der Waals surface area contributed by atoms with Gasteiger partial charge in [-0.1, -0.05) is 303 Å². The lowest BCUT2D eigenvalue weighted by Crippen LogP contribution is -2.26. The Kier molecular flexibility index (Phi) is 32.5. The zero-order chi connectivity index (χ0) is 49.0. The first kappa shape index (κ1) is 58.9. The summed E-state index contributed by atoms with van der Waals surface area (Å²) in [6.45, 7) is 9.21. The number of benzene rings is 4. The van der Waals surface area contributed by atoms with E-state index in [-0.39, 0.29) is 0 Å². The van der Waals surface area contributed by atoms with Crippen LogP contribution in [0.4, 0.5) is 22.7 Å². The third-order valence-electron chi connectivity index (χ3n) is 13.9. The van der Waals surface area contributed by atoms with Crippen molar-refractivity contribution >= 4 is 79.4 Å². The molecule has 0 saturated carbocycles. The van der Waals surface area contributed by atoms with Gasteiger partial charge in [-0.25, -0.2) is 0 Å². The van der Waals surface area contributed by atoms with Crippen LogP contribution in [0.3, 0.4) is 0 Å². The summed E-state index contributed by atoms with van der Waals surface area (Å²) in [7, 11) is 0. The van der Waals surface area contributed by atoms with E-state index in [1.165, 1.54) is 225 Å². The second-order valence-corrected chi connectivity index (χ2v) is 23.2. The van der Waals surface area contributed by atoms with E-state index in [0.717, 1.165) is 39.4 Å². The monoisotopic (exact) mass is 1010 g/mol. The molecule has 0 saturated heterocycles. The average Bonchev–Trinajstić information content (AvgIpc) is 3.37. The van der Waals surface area contributed by atoms with Crippen LogP contribution in [-0.2, 0) is 25.7 Å². The van der Waals surface area contributed by atoms with Crippen molar-refractivity contribution in [2.45, 2.75) is 233 Å². The minimum Gasteiger partial charge on any atom is -0.295 e. The summed E-state index contributed by atoms with van der Waals surface area (Å²) in [6, 6.07) is 36.4. The molecule has 4 aromatic carbocycles. The number of thiocarbonyl (C=S) groups is 2. The van der Waals surface area contributed by atoms with Gasteiger partial charge in [0.15, 0.2) is 0 Å². The fourth-order valence-corrected chi connectivity index (χ4v) is 12.7. The number of hydrogen-bond acceptors (Lipinski definition) is 4. The molecule has 4 aromatic rings. The maximum absolute atomic E-state index is 6.60. The molecule has 0 radical (unpaired) electrons. The summed E-state index contributed by atoms with van der Waals surface area (Å²) in [5.74, 6) is 0. The van der Waals surface area contributed by atoms with Crippen LogP contribution in [-0.4, -0.2) is 13.7 Å². The molecule has 0 aromatic heterocycles. The Bertz CT molecular complexity index is 1700. The van der Waals surface area contributed by atoms with Gasteiger partial charge in [0, 0.05) is 0 Å². The summed E-state index contributed by atoms with van der Waals surface area (Å²) < 4.78 is 1.80. The second-order valence-electron chi connectivity index (χ2n) is 19.6. The number of nitrogens with zero attached hydrogens (tertiary/aromatic N) is 2. The van der Waals surface area contributed by atoms with Gasteiger partial charge in [0.05, 0.1) is 27.8 Å². The molecular weight excluding hydrogens is 913 g/mol. The molecule has 69 heavy (non-hydrogen) atoms. The van der Waals surface area contributed by atoms with E-state index in [2.05, 4.69) is 135 Å². The van der Waals surface area contributed by atoms with Gasteiger partial charge >= 0.3 is 0 Å². The molecule has 0 spiro atoms. The molecule has 0 aliphatic heterocycles. The fraction of sp³-hybridized carbons (Fsp3) is 0.587. The number of para-hydroxylation sites is 4. The van der Waals surface area contributed by atoms with Crippen molar-refractivity contribution in [1.29, 1.82) is 0 Å². The van der Waals surface area contributed by atoms with Crippen LogP contribution in [0.15, 0.2) is 97.1 Å². The third kappa shape index (κ3) is 22.8. The third-order valence-corrected chi connectivity index (χ3v) is 16.7. The normalized spacial score (nSPS) is 11.3. The summed E-state index contributed by atoms with van der Waals surface area (Å²) in [5.41, 5.74) is 10.5. The zero-order valence-electron chi connectivity index (χ0n) is 44.1. The molecular formula is C63H94N2S4. The standard InChI is InChI=1S/C63H94N2S4/c1-5-9-13-17-21-25-29-41-54-45-33-37-49-58(54)64(59-50-38-34-46-55(59)42-30-26-22-18-14-10-6-2)62(66)68-53-69-63(67)65(60-51-39-35-47-56(60)43-31-27-23-19-15-11-7-3)61-52-40-36-48-57(61)44-32-28-24-20-16-12-8-4/h33-40,45-52H,5-32,41-44,53H2,1-4H3. The molecule has 0 heterocycles. The molecule has 380 valence electrons. The van der Waals surface area contributed by atoms with Gasteiger partial charge in [-0.15, -0.1) is 0 Å². The van der Waals surface area contributed by atoms with Crippen molar-refractivity contribution < 1.29 is 0 Å². The maximum atomic E-state index is 6.60. The minimum atomic E-state index is 0.740. The molecule has 0 bridgehead atoms. The lowest BCUT2D eigenvalue weighted by atomic mass is 10.0. The topological polar surface area (TPSA) is 6.48 Å². The number of anilines is 4. The van der Waals surface area contributed by atoms with Crippen molar-refractivity contribution in [2.24, 2.45) is 0 Å². The van der Waals surface area contributed by atoms with Crippen molar-refractivity contribution in [3.05, 3.63) is 119 Å². The van der Waals surface area contributed by atoms with Crippen LogP contribution < -0.4 is 9.80 Å². The first-order valence-corrected chi connectivity index (χ1v) is 31.1. The van der Waals surface area contributed by atoms with Gasteiger partial charge < -0.3 is 0 Å². The van der Waals surface area contributed by atoms with E-state index >= 15 is 0 Å². The Balaban J connectivity index is 1.59. The SMILES string of the molecule is CCCCCCCCCc1ccccc1N(C(=S)SCSC(=S)N(c1ccccc1CCCCCCCCC)c1ccccc1CCCCCCCCC)c1ccccc1CCCCCCCCC. The van der Waals surface area contributed by atoms with Gasteiger partial charge in [0.2, 0.25) is 0 Å². The van der Waals surface area contributed by atoms with Gasteiger partial charge in [0.25, 0.3) is 0 Å². The van der Waals surface area contributed by atoms with Crippen LogP contribution in [0.25, 0.3) is 0 Å². The van der Waals surface area contributed by atoms with E-state index < -0.39 is 0 Å². The molecule has 4 rings (SSSR count). The second kappa shape index (κ2) is 38.0. The number of aryl methyl sites for hydroxylation is 4. The van der Waals surface area contributed by atoms with Crippen molar-refractivity contribution in [3.8, 4) is 0 Å². The van der Waals surface area contributed by atoms with E-state index in [9.17, 15) is 0 Å². The Hall–Kier alpha value is -2.64. The highest BCUT2D eigenvalue weighted by Gasteiger charge is 2.24. The molecule has 0 aliphatic carbocycles. The Morgan fingerprint density at radius 3 is 0.739 bits per heavy atom. The van der Waals surface area contributed by atoms with E-state index in [4.69, 9.17) is 24.4 Å². The summed E-state index contributed by atoms with van der Waals surface area (Å²) >= 11 is 16.7. The van der Waals surface area contributed by atoms with Crippen LogP contribution >= 0.6 is 48.0 Å². The highest BCUT2D eigenvalue weighted by molar-refractivity contribution is 8.35. The van der Waals surface area contributed by atoms with Crippen molar-refractivity contribution in [1.82, 2.24) is 0 Å². The summed E-state index contributed by atoms with van der Waals surface area (Å²) in [4.78, 5) is 4.87. The minimum absolute atomic E-state index is 0.740. The molecule has 0 amide bonds. The lowest BCUT2D eigenvalue weighted by Gasteiger charge is -2.31. The summed E-state index contributed by atoms with van der Waals surface area (Å²) in [5, 5.41) is 0.740. The Labute approximate surface area is 443 Å². The predicted molar refractivity (Wildman–Crippen MR) is 322 cm³/mol. The van der Waals surface area contributed by atoms with Crippen molar-refractivity contribution in [3.63, 3.8) is 0 Å². The first-order chi connectivity index (χ1) is 34.0. The molecule has 6 heteroatoms. The van der Waals surface area contributed by atoms with Gasteiger partial charge in [-0.3, -0.25) is 9.80 Å². The summed E-state index contributed by atoms with van der Waals surface area (Å²) in [6.07, 6.45) is 40.9. The van der Waals surface area contributed by atoms with E-state index in [1.807, 2.05) is 0 Å². The Morgan fingerprint density at radius 2 is 0.507 bits per heavy atom. The molecule has 0 aliphatic rings. The van der Waals surface area contributed by atoms with Gasteiger partial charge in [-0.2, -0.15) is 0 Å².